The van der Waals surface area contributed by atoms with E-state index in [1.165, 1.54) is 0 Å². The van der Waals surface area contributed by atoms with Gasteiger partial charge in [0.25, 0.3) is 0 Å². The van der Waals surface area contributed by atoms with Gasteiger partial charge in [-0.15, -0.1) is 0 Å². The van der Waals surface area contributed by atoms with Crippen molar-refractivity contribution in [2.45, 2.75) is 6.18 Å². The molecular formula is C11H6F5N3O2. The standard InChI is InChI=1S/C11H6F5N3O2/c12-5-1-4(11(14,15)16)2-6(13)9(5)19-8(17)3-7(18-19)10(20)21/h1-3H,17H2,(H,20,21). The molecule has 0 aliphatic rings. The number of nitrogens with zero attached hydrogens (tertiary/aromatic N) is 2. The fourth-order valence-corrected chi connectivity index (χ4v) is 1.61. The second-order valence-electron chi connectivity index (χ2n) is 3.96. The summed E-state index contributed by atoms with van der Waals surface area (Å²) in [6, 6.07) is 0.957. The minimum atomic E-state index is -4.93. The van der Waals surface area contributed by atoms with Crippen LogP contribution in [-0.4, -0.2) is 20.9 Å². The third kappa shape index (κ3) is 2.64. The number of nitrogens with two attached hydrogens (primary N) is 1. The second kappa shape index (κ2) is 4.72. The summed E-state index contributed by atoms with van der Waals surface area (Å²) in [6.07, 6.45) is -4.93. The number of aromatic carboxylic acids is 1. The van der Waals surface area contributed by atoms with Crippen molar-refractivity contribution in [1.82, 2.24) is 9.78 Å². The molecule has 0 atom stereocenters. The second-order valence-corrected chi connectivity index (χ2v) is 3.96. The molecule has 112 valence electrons. The normalized spacial score (nSPS) is 11.7. The highest BCUT2D eigenvalue weighted by Gasteiger charge is 2.33. The molecule has 1 heterocycles. The Balaban J connectivity index is 2.63. The van der Waals surface area contributed by atoms with Crippen LogP contribution in [0.2, 0.25) is 0 Å². The molecule has 21 heavy (non-hydrogen) atoms. The van der Waals surface area contributed by atoms with Crippen molar-refractivity contribution in [2.75, 3.05) is 5.73 Å². The maximum Gasteiger partial charge on any atom is 0.416 e. The van der Waals surface area contributed by atoms with E-state index < -0.39 is 46.5 Å². The van der Waals surface area contributed by atoms with Gasteiger partial charge in [-0.1, -0.05) is 0 Å². The van der Waals surface area contributed by atoms with Gasteiger partial charge in [-0.3, -0.25) is 0 Å². The molecule has 3 N–H and O–H groups in total. The SMILES string of the molecule is Nc1cc(C(=O)O)nn1-c1c(F)cc(C(F)(F)F)cc1F. The van der Waals surface area contributed by atoms with Crippen LogP contribution in [0.3, 0.4) is 0 Å². The molecule has 0 saturated heterocycles. The summed E-state index contributed by atoms with van der Waals surface area (Å²) >= 11 is 0. The minimum Gasteiger partial charge on any atom is -0.476 e. The average molecular weight is 307 g/mol. The van der Waals surface area contributed by atoms with E-state index in [2.05, 4.69) is 5.10 Å². The molecule has 0 amide bonds. The number of halogens is 5. The summed E-state index contributed by atoms with van der Waals surface area (Å²) in [7, 11) is 0. The first kappa shape index (κ1) is 14.8. The van der Waals surface area contributed by atoms with Gasteiger partial charge >= 0.3 is 12.1 Å². The quantitative estimate of drug-likeness (QED) is 0.835. The van der Waals surface area contributed by atoms with Crippen molar-refractivity contribution in [3.8, 4) is 5.69 Å². The molecule has 0 unspecified atom stereocenters. The van der Waals surface area contributed by atoms with Crippen molar-refractivity contribution in [2.24, 2.45) is 0 Å². The van der Waals surface area contributed by atoms with Crippen LogP contribution in [0.25, 0.3) is 5.69 Å². The summed E-state index contributed by atoms with van der Waals surface area (Å²) in [5, 5.41) is 12.0. The number of carboxylic acid groups (broad SMARTS) is 1. The molecule has 0 saturated carbocycles. The molecule has 0 aliphatic heterocycles. The number of hydrogen-bond acceptors (Lipinski definition) is 3. The number of nitrogen functional groups attached to an aromatic ring is 1. The van der Waals surface area contributed by atoms with Gasteiger partial charge in [-0.2, -0.15) is 18.3 Å². The van der Waals surface area contributed by atoms with Gasteiger partial charge in [-0.05, 0) is 12.1 Å². The molecule has 0 fully saturated rings. The molecule has 5 nitrogen and oxygen atoms in total. The summed E-state index contributed by atoms with van der Waals surface area (Å²) in [5.41, 5.74) is 2.23. The van der Waals surface area contributed by atoms with Crippen molar-refractivity contribution < 1.29 is 31.9 Å². The number of benzene rings is 1. The highest BCUT2D eigenvalue weighted by atomic mass is 19.4. The molecule has 1 aromatic heterocycles. The van der Waals surface area contributed by atoms with Crippen LogP contribution in [-0.2, 0) is 6.18 Å². The highest BCUT2D eigenvalue weighted by Crippen LogP contribution is 2.32. The lowest BCUT2D eigenvalue weighted by Gasteiger charge is -2.11. The van der Waals surface area contributed by atoms with Crippen LogP contribution in [0.5, 0.6) is 0 Å². The number of rotatable bonds is 2. The first-order valence-electron chi connectivity index (χ1n) is 5.26. The number of carbonyl (C=O) groups is 1. The van der Waals surface area contributed by atoms with Gasteiger partial charge in [0.05, 0.1) is 5.56 Å². The predicted octanol–water partition coefficient (Wildman–Crippen LogP) is 2.45. The molecule has 1 aromatic carbocycles. The highest BCUT2D eigenvalue weighted by molar-refractivity contribution is 5.86. The van der Waals surface area contributed by atoms with E-state index in [1.54, 1.807) is 0 Å². The predicted molar refractivity (Wildman–Crippen MR) is 59.9 cm³/mol. The van der Waals surface area contributed by atoms with Crippen molar-refractivity contribution in [1.29, 1.82) is 0 Å². The van der Waals surface area contributed by atoms with Gasteiger partial charge in [0.15, 0.2) is 17.3 Å². The molecule has 0 spiro atoms. The summed E-state index contributed by atoms with van der Waals surface area (Å²) in [6.45, 7) is 0. The number of alkyl halides is 3. The molecule has 0 radical (unpaired) electrons. The van der Waals surface area contributed by atoms with Gasteiger partial charge in [0.2, 0.25) is 0 Å². The van der Waals surface area contributed by atoms with Crippen molar-refractivity contribution in [3.05, 3.63) is 41.1 Å². The zero-order chi connectivity index (χ0) is 15.9. The van der Waals surface area contributed by atoms with E-state index in [-0.39, 0.29) is 12.1 Å². The fraction of sp³-hybridized carbons (Fsp3) is 0.0909. The van der Waals surface area contributed by atoms with Crippen LogP contribution in [0.15, 0.2) is 18.2 Å². The fourth-order valence-electron chi connectivity index (χ4n) is 1.61. The molecule has 2 aromatic rings. The maximum atomic E-state index is 13.7. The van der Waals surface area contributed by atoms with Crippen LogP contribution < -0.4 is 5.73 Å². The Labute approximate surface area is 113 Å². The zero-order valence-electron chi connectivity index (χ0n) is 9.95. The van der Waals surface area contributed by atoms with Gasteiger partial charge < -0.3 is 10.8 Å². The third-order valence-corrected chi connectivity index (χ3v) is 2.51. The third-order valence-electron chi connectivity index (χ3n) is 2.51. The van der Waals surface area contributed by atoms with Crippen LogP contribution in [0.4, 0.5) is 27.8 Å². The van der Waals surface area contributed by atoms with Gasteiger partial charge in [0.1, 0.15) is 11.5 Å². The van der Waals surface area contributed by atoms with E-state index in [0.717, 1.165) is 6.07 Å². The lowest BCUT2D eigenvalue weighted by Crippen LogP contribution is -2.12. The molecule has 2 rings (SSSR count). The van der Waals surface area contributed by atoms with E-state index in [0.29, 0.717) is 4.68 Å². The molecule has 10 heteroatoms. The molecule has 0 aliphatic carbocycles. The van der Waals surface area contributed by atoms with Crippen molar-refractivity contribution in [3.63, 3.8) is 0 Å². The van der Waals surface area contributed by atoms with Crippen molar-refractivity contribution >= 4 is 11.8 Å². The largest absolute Gasteiger partial charge is 0.476 e. The zero-order valence-corrected chi connectivity index (χ0v) is 9.95. The average Bonchev–Trinajstić information content (AvgIpc) is 2.69. The number of carboxylic acids is 1. The first-order chi connectivity index (χ1) is 9.61. The summed E-state index contributed by atoms with van der Waals surface area (Å²) in [5.74, 6) is -5.10. The number of anilines is 1. The van der Waals surface area contributed by atoms with E-state index in [1.807, 2.05) is 0 Å². The minimum absolute atomic E-state index is 0.0694. The van der Waals surface area contributed by atoms with Gasteiger partial charge in [0, 0.05) is 6.07 Å². The van der Waals surface area contributed by atoms with E-state index in [9.17, 15) is 26.7 Å². The lowest BCUT2D eigenvalue weighted by atomic mass is 10.2. The Morgan fingerprint density at radius 2 is 1.71 bits per heavy atom. The Morgan fingerprint density at radius 1 is 1.19 bits per heavy atom. The van der Waals surface area contributed by atoms with Gasteiger partial charge in [-0.25, -0.2) is 18.3 Å². The summed E-state index contributed by atoms with van der Waals surface area (Å²) < 4.78 is 65.0. The van der Waals surface area contributed by atoms with E-state index >= 15 is 0 Å². The Kier molecular flexibility index (Phi) is 3.32. The molecular weight excluding hydrogens is 301 g/mol. The van der Waals surface area contributed by atoms with Crippen LogP contribution in [0.1, 0.15) is 16.1 Å². The Hall–Kier alpha value is -2.65. The number of aromatic nitrogens is 2. The monoisotopic (exact) mass is 307 g/mol. The smallest absolute Gasteiger partial charge is 0.416 e. The van der Waals surface area contributed by atoms with Crippen LogP contribution >= 0.6 is 0 Å². The topological polar surface area (TPSA) is 81.1 Å². The van der Waals surface area contributed by atoms with E-state index in [4.69, 9.17) is 10.8 Å². The lowest BCUT2D eigenvalue weighted by molar-refractivity contribution is -0.138. The Bertz CT molecular complexity index is 700. The summed E-state index contributed by atoms with van der Waals surface area (Å²) in [4.78, 5) is 10.7. The Morgan fingerprint density at radius 3 is 2.10 bits per heavy atom. The first-order valence-corrected chi connectivity index (χ1v) is 5.26. The maximum absolute atomic E-state index is 13.7. The number of hydrogen-bond donors (Lipinski definition) is 2. The molecule has 0 bridgehead atoms. The van der Waals surface area contributed by atoms with Crippen LogP contribution in [0, 0.1) is 11.6 Å².